The summed E-state index contributed by atoms with van der Waals surface area (Å²) in [5, 5.41) is 8.28. The van der Waals surface area contributed by atoms with Crippen LogP contribution in [-0.4, -0.2) is 22.8 Å². The minimum atomic E-state index is -0.379. The van der Waals surface area contributed by atoms with Gasteiger partial charge in [-0.3, -0.25) is 10.2 Å². The van der Waals surface area contributed by atoms with Gasteiger partial charge in [-0.1, -0.05) is 11.3 Å². The molecule has 0 aliphatic heterocycles. The summed E-state index contributed by atoms with van der Waals surface area (Å²) in [4.78, 5) is 11.9. The lowest BCUT2D eigenvalue weighted by Crippen LogP contribution is -2.34. The van der Waals surface area contributed by atoms with Crippen LogP contribution in [0.3, 0.4) is 0 Å². The Bertz CT molecular complexity index is 755. The van der Waals surface area contributed by atoms with Gasteiger partial charge in [-0.15, -0.1) is 5.10 Å². The molecule has 0 bridgehead atoms. The molecule has 0 fully saturated rings. The molecule has 7 nitrogen and oxygen atoms in total. The molecule has 1 aromatic carbocycles. The van der Waals surface area contributed by atoms with Crippen molar-refractivity contribution in [1.29, 1.82) is 0 Å². The van der Waals surface area contributed by atoms with Crippen molar-refractivity contribution in [3.05, 3.63) is 23.0 Å². The first-order valence-corrected chi connectivity index (χ1v) is 7.09. The number of ether oxygens (including phenoxy) is 1. The van der Waals surface area contributed by atoms with Crippen LogP contribution in [0.4, 0.5) is 0 Å². The fourth-order valence-electron chi connectivity index (χ4n) is 1.63. The van der Waals surface area contributed by atoms with Crippen molar-refractivity contribution in [2.45, 2.75) is 13.8 Å². The topological polar surface area (TPSA) is 94.0 Å². The number of aryl methyl sites for hydroxylation is 1. The van der Waals surface area contributed by atoms with Crippen molar-refractivity contribution < 1.29 is 9.53 Å². The van der Waals surface area contributed by atoms with Crippen molar-refractivity contribution in [2.24, 2.45) is 23.1 Å². The maximum Gasteiger partial charge on any atom is 0.271 e. The summed E-state index contributed by atoms with van der Waals surface area (Å²) < 4.78 is 8.33. The number of hydrazine groups is 1. The molecule has 1 heterocycles. The lowest BCUT2D eigenvalue weighted by atomic mass is 10.3. The van der Waals surface area contributed by atoms with Crippen LogP contribution in [0.1, 0.15) is 13.8 Å². The van der Waals surface area contributed by atoms with Gasteiger partial charge in [-0.2, -0.15) is 5.10 Å². The van der Waals surface area contributed by atoms with Crippen LogP contribution in [-0.2, 0) is 11.8 Å². The highest BCUT2D eigenvalue weighted by molar-refractivity contribution is 7.16. The van der Waals surface area contributed by atoms with Gasteiger partial charge in [0.05, 0.1) is 10.2 Å². The van der Waals surface area contributed by atoms with E-state index in [9.17, 15) is 4.79 Å². The zero-order valence-corrected chi connectivity index (χ0v) is 12.9. The molecule has 3 N–H and O–H groups in total. The fraction of sp³-hybridized carbons (Fsp3) is 0.308. The molecule has 0 spiro atoms. The van der Waals surface area contributed by atoms with E-state index in [1.54, 1.807) is 6.07 Å². The molecule has 0 saturated heterocycles. The van der Waals surface area contributed by atoms with Crippen molar-refractivity contribution in [3.63, 3.8) is 0 Å². The van der Waals surface area contributed by atoms with Gasteiger partial charge in [0.2, 0.25) is 4.80 Å². The van der Waals surface area contributed by atoms with Crippen LogP contribution >= 0.6 is 11.3 Å². The molecule has 0 radical (unpaired) electrons. The molecule has 0 unspecified atom stereocenters. The van der Waals surface area contributed by atoms with E-state index in [-0.39, 0.29) is 12.5 Å². The number of nitrogens with two attached hydrogens (primary N) is 1. The number of benzene rings is 1. The van der Waals surface area contributed by atoms with E-state index in [0.717, 1.165) is 20.7 Å². The average Bonchev–Trinajstić information content (AvgIpc) is 2.78. The molecule has 0 atom stereocenters. The Kier molecular flexibility index (Phi) is 4.71. The second-order valence-corrected chi connectivity index (χ2v) is 5.59. The first-order valence-electron chi connectivity index (χ1n) is 6.28. The number of nitrogens with one attached hydrogen (secondary N) is 1. The average molecular weight is 307 g/mol. The lowest BCUT2D eigenvalue weighted by molar-refractivity contribution is -0.123. The summed E-state index contributed by atoms with van der Waals surface area (Å²) in [6.45, 7) is 3.67. The Labute approximate surface area is 125 Å². The van der Waals surface area contributed by atoms with Crippen molar-refractivity contribution in [2.75, 3.05) is 6.61 Å². The third-order valence-corrected chi connectivity index (χ3v) is 3.73. The fourth-order valence-corrected chi connectivity index (χ4v) is 2.63. The summed E-state index contributed by atoms with van der Waals surface area (Å²) in [6, 6.07) is 5.59. The number of hydrogen-bond donors (Lipinski definition) is 2. The maximum absolute atomic E-state index is 11.1. The number of fused-ring (bicyclic) bond motifs is 1. The van der Waals surface area contributed by atoms with Gasteiger partial charge in [0.25, 0.3) is 5.91 Å². The first kappa shape index (κ1) is 15.2. The van der Waals surface area contributed by atoms with E-state index in [1.165, 1.54) is 11.3 Å². The van der Waals surface area contributed by atoms with Crippen molar-refractivity contribution >= 4 is 33.2 Å². The van der Waals surface area contributed by atoms with Crippen LogP contribution in [0.5, 0.6) is 5.75 Å². The number of rotatable bonds is 4. The molecule has 2 rings (SSSR count). The van der Waals surface area contributed by atoms with Gasteiger partial charge >= 0.3 is 0 Å². The van der Waals surface area contributed by atoms with E-state index in [1.807, 2.05) is 43.0 Å². The smallest absolute Gasteiger partial charge is 0.271 e. The SMILES string of the molecule is CC(C)=NN=c1sc2cc(OCC(=O)NN)ccc2n1C. The number of hydrogen-bond acceptors (Lipinski definition) is 6. The van der Waals surface area contributed by atoms with Gasteiger partial charge < -0.3 is 9.30 Å². The summed E-state index contributed by atoms with van der Waals surface area (Å²) in [5.74, 6) is 5.23. The van der Waals surface area contributed by atoms with Gasteiger partial charge in [0.15, 0.2) is 6.61 Å². The van der Waals surface area contributed by atoms with Gasteiger partial charge in [-0.25, -0.2) is 5.84 Å². The Morgan fingerprint density at radius 2 is 2.24 bits per heavy atom. The number of carbonyl (C=O) groups is 1. The van der Waals surface area contributed by atoms with Gasteiger partial charge in [-0.05, 0) is 32.0 Å². The molecule has 21 heavy (non-hydrogen) atoms. The van der Waals surface area contributed by atoms with E-state index >= 15 is 0 Å². The second-order valence-electron chi connectivity index (χ2n) is 4.58. The van der Waals surface area contributed by atoms with E-state index < -0.39 is 0 Å². The third-order valence-electron chi connectivity index (χ3n) is 2.65. The summed E-state index contributed by atoms with van der Waals surface area (Å²) in [7, 11) is 1.93. The van der Waals surface area contributed by atoms with Crippen LogP contribution in [0.15, 0.2) is 28.4 Å². The summed E-state index contributed by atoms with van der Waals surface area (Å²) in [5.41, 5.74) is 3.94. The third kappa shape index (κ3) is 3.67. The normalized spacial score (nSPS) is 11.5. The predicted molar refractivity (Wildman–Crippen MR) is 83.0 cm³/mol. The first-order chi connectivity index (χ1) is 10.0. The minimum absolute atomic E-state index is 0.115. The molecular formula is C13H17N5O2S. The maximum atomic E-state index is 11.1. The molecule has 0 aliphatic carbocycles. The Balaban J connectivity index is 2.34. The zero-order chi connectivity index (χ0) is 15.4. The minimum Gasteiger partial charge on any atom is -0.484 e. The molecule has 2 aromatic rings. The quantitative estimate of drug-likeness (QED) is 0.380. The predicted octanol–water partition coefficient (Wildman–Crippen LogP) is 0.905. The monoisotopic (exact) mass is 307 g/mol. The molecule has 8 heteroatoms. The highest BCUT2D eigenvalue weighted by Crippen LogP contribution is 2.22. The van der Waals surface area contributed by atoms with Crippen LogP contribution < -0.4 is 20.8 Å². The Hall–Kier alpha value is -2.19. The van der Waals surface area contributed by atoms with Crippen LogP contribution in [0, 0.1) is 0 Å². The number of aromatic nitrogens is 1. The Morgan fingerprint density at radius 3 is 2.90 bits per heavy atom. The molecule has 0 aliphatic rings. The summed E-state index contributed by atoms with van der Waals surface area (Å²) >= 11 is 1.50. The highest BCUT2D eigenvalue weighted by atomic mass is 32.1. The van der Waals surface area contributed by atoms with E-state index in [4.69, 9.17) is 10.6 Å². The summed E-state index contributed by atoms with van der Waals surface area (Å²) in [6.07, 6.45) is 0. The van der Waals surface area contributed by atoms with Gasteiger partial charge in [0.1, 0.15) is 5.75 Å². The Morgan fingerprint density at radius 1 is 1.48 bits per heavy atom. The van der Waals surface area contributed by atoms with E-state index in [0.29, 0.717) is 5.75 Å². The lowest BCUT2D eigenvalue weighted by Gasteiger charge is -2.04. The van der Waals surface area contributed by atoms with E-state index in [2.05, 4.69) is 10.2 Å². The van der Waals surface area contributed by atoms with Gasteiger partial charge in [0, 0.05) is 12.8 Å². The molecule has 1 amide bonds. The zero-order valence-electron chi connectivity index (χ0n) is 12.1. The van der Waals surface area contributed by atoms with Crippen molar-refractivity contribution in [3.8, 4) is 5.75 Å². The van der Waals surface area contributed by atoms with Crippen LogP contribution in [0.2, 0.25) is 0 Å². The number of thiazole rings is 1. The molecule has 0 saturated carbocycles. The standard InChI is InChI=1S/C13H17N5O2S/c1-8(2)16-17-13-18(3)10-5-4-9(6-11(10)21-13)20-7-12(19)15-14/h4-6H,7,14H2,1-3H3,(H,15,19). The van der Waals surface area contributed by atoms with Crippen molar-refractivity contribution in [1.82, 2.24) is 9.99 Å². The highest BCUT2D eigenvalue weighted by Gasteiger charge is 2.06. The van der Waals surface area contributed by atoms with Crippen LogP contribution in [0.25, 0.3) is 10.2 Å². The largest absolute Gasteiger partial charge is 0.484 e. The molecule has 1 aromatic heterocycles. The molecular weight excluding hydrogens is 290 g/mol. The number of amides is 1. The number of nitrogens with zero attached hydrogens (tertiary/aromatic N) is 3. The second kappa shape index (κ2) is 6.51. The molecule has 112 valence electrons. The number of carbonyl (C=O) groups excluding carboxylic acids is 1.